The van der Waals surface area contributed by atoms with Gasteiger partial charge in [-0.1, -0.05) is 29.5 Å². The third-order valence-electron chi connectivity index (χ3n) is 3.23. The predicted molar refractivity (Wildman–Crippen MR) is 86.3 cm³/mol. The van der Waals surface area contributed by atoms with Gasteiger partial charge in [-0.15, -0.1) is 0 Å². The van der Waals surface area contributed by atoms with E-state index in [9.17, 15) is 9.59 Å². The van der Waals surface area contributed by atoms with Crippen molar-refractivity contribution < 1.29 is 19.1 Å². The lowest BCUT2D eigenvalue weighted by Gasteiger charge is -2.06. The van der Waals surface area contributed by atoms with E-state index in [4.69, 9.17) is 4.74 Å². The van der Waals surface area contributed by atoms with Gasteiger partial charge >= 0.3 is 11.9 Å². The molecular formula is C19H16O4. The van der Waals surface area contributed by atoms with Crippen LogP contribution in [0, 0.1) is 18.8 Å². The van der Waals surface area contributed by atoms with E-state index in [0.717, 1.165) is 11.1 Å². The van der Waals surface area contributed by atoms with Crippen LogP contribution in [0.4, 0.5) is 0 Å². The highest BCUT2D eigenvalue weighted by Gasteiger charge is 2.18. The Morgan fingerprint density at radius 3 is 1.91 bits per heavy atom. The fourth-order valence-electron chi connectivity index (χ4n) is 1.97. The zero-order chi connectivity index (χ0) is 16.8. The normalized spacial score (nSPS) is 9.52. The molecule has 0 aliphatic carbocycles. The molecule has 0 saturated carbocycles. The van der Waals surface area contributed by atoms with E-state index in [1.165, 1.54) is 26.4 Å². The maximum absolute atomic E-state index is 11.8. The lowest BCUT2D eigenvalue weighted by Crippen LogP contribution is -2.12. The predicted octanol–water partition coefficient (Wildman–Crippen LogP) is 2.97. The molecule has 0 spiro atoms. The highest BCUT2D eigenvalue weighted by atomic mass is 16.5. The number of carbonyl (C=O) groups is 2. The summed E-state index contributed by atoms with van der Waals surface area (Å²) >= 11 is 0. The zero-order valence-electron chi connectivity index (χ0n) is 13.2. The fourth-order valence-corrected chi connectivity index (χ4v) is 1.97. The van der Waals surface area contributed by atoms with E-state index in [1.807, 2.05) is 31.2 Å². The molecule has 0 unspecified atom stereocenters. The monoisotopic (exact) mass is 308 g/mol. The van der Waals surface area contributed by atoms with Gasteiger partial charge in [-0.05, 0) is 37.3 Å². The molecule has 0 aliphatic heterocycles. The molecule has 4 heteroatoms. The van der Waals surface area contributed by atoms with Crippen molar-refractivity contribution in [2.75, 3.05) is 14.2 Å². The molecule has 0 heterocycles. The number of benzene rings is 2. The maximum Gasteiger partial charge on any atom is 0.338 e. The van der Waals surface area contributed by atoms with Crippen LogP contribution in [-0.2, 0) is 9.47 Å². The largest absolute Gasteiger partial charge is 0.465 e. The van der Waals surface area contributed by atoms with E-state index in [1.54, 1.807) is 6.07 Å². The van der Waals surface area contributed by atoms with Gasteiger partial charge in [0.2, 0.25) is 0 Å². The van der Waals surface area contributed by atoms with Crippen molar-refractivity contribution in [2.45, 2.75) is 6.92 Å². The van der Waals surface area contributed by atoms with Crippen LogP contribution in [0.3, 0.4) is 0 Å². The van der Waals surface area contributed by atoms with Gasteiger partial charge in [0.15, 0.2) is 0 Å². The summed E-state index contributed by atoms with van der Waals surface area (Å²) in [4.78, 5) is 23.6. The van der Waals surface area contributed by atoms with Crippen LogP contribution in [-0.4, -0.2) is 26.2 Å². The lowest BCUT2D eigenvalue weighted by molar-refractivity contribution is 0.0555. The van der Waals surface area contributed by atoms with Crippen molar-refractivity contribution in [2.24, 2.45) is 0 Å². The minimum absolute atomic E-state index is 0.134. The molecule has 0 aromatic heterocycles. The number of carbonyl (C=O) groups excluding carboxylic acids is 2. The molecular weight excluding hydrogens is 292 g/mol. The average molecular weight is 308 g/mol. The Morgan fingerprint density at radius 2 is 1.30 bits per heavy atom. The Labute approximate surface area is 135 Å². The molecule has 0 radical (unpaired) electrons. The minimum Gasteiger partial charge on any atom is -0.465 e. The smallest absolute Gasteiger partial charge is 0.338 e. The van der Waals surface area contributed by atoms with Gasteiger partial charge < -0.3 is 9.47 Å². The van der Waals surface area contributed by atoms with E-state index in [0.29, 0.717) is 5.56 Å². The second kappa shape index (κ2) is 7.28. The number of ether oxygens (including phenoxy) is 2. The van der Waals surface area contributed by atoms with Crippen molar-refractivity contribution in [3.05, 3.63) is 70.3 Å². The Hall–Kier alpha value is -3.06. The Morgan fingerprint density at radius 1 is 0.783 bits per heavy atom. The molecule has 2 aromatic carbocycles. The quantitative estimate of drug-likeness (QED) is 0.632. The molecule has 0 aliphatic rings. The van der Waals surface area contributed by atoms with Crippen LogP contribution in [0.5, 0.6) is 0 Å². The first-order valence-electron chi connectivity index (χ1n) is 6.94. The summed E-state index contributed by atoms with van der Waals surface area (Å²) in [5.74, 6) is 4.79. The molecule has 4 nitrogen and oxygen atoms in total. The zero-order valence-corrected chi connectivity index (χ0v) is 13.2. The van der Waals surface area contributed by atoms with Crippen LogP contribution in [0.25, 0.3) is 0 Å². The van der Waals surface area contributed by atoms with Gasteiger partial charge in [0.25, 0.3) is 0 Å². The standard InChI is InChI=1S/C19H16O4/c1-13-4-6-14(7-5-13)8-9-15-10-11-16(18(20)22-2)17(12-15)19(21)23-3/h4-7,10-12H,1-3H3. The highest BCUT2D eigenvalue weighted by Crippen LogP contribution is 2.14. The van der Waals surface area contributed by atoms with Crippen LogP contribution >= 0.6 is 0 Å². The molecule has 0 saturated heterocycles. The summed E-state index contributed by atoms with van der Waals surface area (Å²) in [6, 6.07) is 12.5. The molecule has 0 N–H and O–H groups in total. The number of hydrogen-bond acceptors (Lipinski definition) is 4. The Balaban J connectivity index is 2.39. The first-order valence-corrected chi connectivity index (χ1v) is 6.94. The first-order chi connectivity index (χ1) is 11.0. The van der Waals surface area contributed by atoms with Crippen molar-refractivity contribution in [3.63, 3.8) is 0 Å². The number of rotatable bonds is 2. The maximum atomic E-state index is 11.8. The van der Waals surface area contributed by atoms with Crippen molar-refractivity contribution in [1.29, 1.82) is 0 Å². The summed E-state index contributed by atoms with van der Waals surface area (Å²) < 4.78 is 9.38. The second-order valence-electron chi connectivity index (χ2n) is 4.86. The van der Waals surface area contributed by atoms with Crippen molar-refractivity contribution in [1.82, 2.24) is 0 Å². The topological polar surface area (TPSA) is 52.6 Å². The third-order valence-corrected chi connectivity index (χ3v) is 3.23. The number of aryl methyl sites for hydroxylation is 1. The van der Waals surface area contributed by atoms with Crippen LogP contribution in [0.15, 0.2) is 42.5 Å². The Bertz CT molecular complexity index is 792. The summed E-state index contributed by atoms with van der Waals surface area (Å²) in [6.45, 7) is 2.01. The SMILES string of the molecule is COC(=O)c1ccc(C#Cc2ccc(C)cc2)cc1C(=O)OC. The van der Waals surface area contributed by atoms with Gasteiger partial charge in [0, 0.05) is 11.1 Å². The molecule has 2 aromatic rings. The second-order valence-corrected chi connectivity index (χ2v) is 4.86. The van der Waals surface area contributed by atoms with Crippen LogP contribution < -0.4 is 0 Å². The Kier molecular flexibility index (Phi) is 5.16. The summed E-state index contributed by atoms with van der Waals surface area (Å²) in [5, 5.41) is 0. The first kappa shape index (κ1) is 16.3. The van der Waals surface area contributed by atoms with Gasteiger partial charge in [-0.3, -0.25) is 0 Å². The van der Waals surface area contributed by atoms with Gasteiger partial charge in [-0.2, -0.15) is 0 Å². The number of methoxy groups -OCH3 is 2. The number of hydrogen-bond donors (Lipinski definition) is 0. The number of esters is 2. The van der Waals surface area contributed by atoms with E-state index >= 15 is 0 Å². The minimum atomic E-state index is -0.607. The molecule has 0 atom stereocenters. The molecule has 2 rings (SSSR count). The summed E-state index contributed by atoms with van der Waals surface area (Å²) in [6.07, 6.45) is 0. The molecule has 0 fully saturated rings. The summed E-state index contributed by atoms with van der Waals surface area (Å²) in [5.41, 5.74) is 2.92. The average Bonchev–Trinajstić information content (AvgIpc) is 2.59. The van der Waals surface area contributed by atoms with Crippen molar-refractivity contribution >= 4 is 11.9 Å². The van der Waals surface area contributed by atoms with E-state index < -0.39 is 11.9 Å². The molecule has 0 amide bonds. The highest BCUT2D eigenvalue weighted by molar-refractivity contribution is 6.03. The van der Waals surface area contributed by atoms with Crippen LogP contribution in [0.1, 0.15) is 37.4 Å². The lowest BCUT2D eigenvalue weighted by atomic mass is 10.0. The van der Waals surface area contributed by atoms with Gasteiger partial charge in [-0.25, -0.2) is 9.59 Å². The van der Waals surface area contributed by atoms with E-state index in [-0.39, 0.29) is 11.1 Å². The fraction of sp³-hybridized carbons (Fsp3) is 0.158. The van der Waals surface area contributed by atoms with Crippen LogP contribution in [0.2, 0.25) is 0 Å². The van der Waals surface area contributed by atoms with Gasteiger partial charge in [0.1, 0.15) is 0 Å². The molecule has 0 bridgehead atoms. The summed E-state index contributed by atoms with van der Waals surface area (Å²) in [7, 11) is 2.52. The molecule has 116 valence electrons. The van der Waals surface area contributed by atoms with Gasteiger partial charge in [0.05, 0.1) is 25.3 Å². The molecule has 23 heavy (non-hydrogen) atoms. The third kappa shape index (κ3) is 3.98. The van der Waals surface area contributed by atoms with E-state index in [2.05, 4.69) is 16.6 Å². The van der Waals surface area contributed by atoms with Crippen molar-refractivity contribution in [3.8, 4) is 11.8 Å².